The van der Waals surface area contributed by atoms with E-state index in [-0.39, 0.29) is 5.91 Å². The highest BCUT2D eigenvalue weighted by atomic mass is 16.1. The van der Waals surface area contributed by atoms with Gasteiger partial charge >= 0.3 is 0 Å². The molecule has 0 saturated carbocycles. The lowest BCUT2D eigenvalue weighted by molar-refractivity contribution is -0.121. The lowest BCUT2D eigenvalue weighted by Crippen LogP contribution is -2.25. The Morgan fingerprint density at radius 2 is 1.85 bits per heavy atom. The van der Waals surface area contributed by atoms with E-state index in [1.165, 1.54) is 16.5 Å². The molecule has 0 spiro atoms. The number of amides is 1. The van der Waals surface area contributed by atoms with Gasteiger partial charge in [0.15, 0.2) is 0 Å². The summed E-state index contributed by atoms with van der Waals surface area (Å²) in [4.78, 5) is 19.9. The average molecular weight is 343 g/mol. The molecule has 0 aliphatic carbocycles. The van der Waals surface area contributed by atoms with Crippen LogP contribution in [0.1, 0.15) is 17.5 Å². The van der Waals surface area contributed by atoms with Crippen LogP contribution in [0.25, 0.3) is 21.8 Å². The monoisotopic (exact) mass is 343 g/mol. The minimum atomic E-state index is 0.0866. The summed E-state index contributed by atoms with van der Waals surface area (Å²) in [5, 5.41) is 5.36. The maximum Gasteiger partial charge on any atom is 0.220 e. The fraction of sp³-hybridized carbons (Fsp3) is 0.182. The molecule has 0 saturated heterocycles. The summed E-state index contributed by atoms with van der Waals surface area (Å²) >= 11 is 0. The molecular weight excluding hydrogens is 322 g/mol. The summed E-state index contributed by atoms with van der Waals surface area (Å²) in [5.41, 5.74) is 4.49. The van der Waals surface area contributed by atoms with Crippen molar-refractivity contribution >= 4 is 27.7 Å². The molecule has 0 aliphatic rings. The van der Waals surface area contributed by atoms with E-state index >= 15 is 0 Å². The van der Waals surface area contributed by atoms with Gasteiger partial charge < -0.3 is 10.3 Å². The van der Waals surface area contributed by atoms with Gasteiger partial charge in [-0.15, -0.1) is 0 Å². The number of H-pyrrole nitrogens is 1. The average Bonchev–Trinajstić information content (AvgIpc) is 3.10. The van der Waals surface area contributed by atoms with E-state index in [0.717, 1.165) is 29.3 Å². The summed E-state index contributed by atoms with van der Waals surface area (Å²) in [6.07, 6.45) is 5.83. The van der Waals surface area contributed by atoms with Gasteiger partial charge in [-0.1, -0.05) is 42.5 Å². The largest absolute Gasteiger partial charge is 0.361 e. The summed E-state index contributed by atoms with van der Waals surface area (Å²) < 4.78 is 0. The van der Waals surface area contributed by atoms with E-state index < -0.39 is 0 Å². The molecule has 4 rings (SSSR count). The van der Waals surface area contributed by atoms with Gasteiger partial charge in [0, 0.05) is 41.6 Å². The third-order valence-corrected chi connectivity index (χ3v) is 4.73. The van der Waals surface area contributed by atoms with E-state index in [4.69, 9.17) is 0 Å². The van der Waals surface area contributed by atoms with Crippen molar-refractivity contribution in [1.29, 1.82) is 0 Å². The van der Waals surface area contributed by atoms with Gasteiger partial charge in [0.1, 0.15) is 0 Å². The maximum absolute atomic E-state index is 12.2. The molecule has 0 bridgehead atoms. The molecule has 0 unspecified atom stereocenters. The van der Waals surface area contributed by atoms with Crippen LogP contribution < -0.4 is 5.32 Å². The van der Waals surface area contributed by atoms with Crippen molar-refractivity contribution in [1.82, 2.24) is 15.3 Å². The van der Waals surface area contributed by atoms with Crippen LogP contribution in [0.4, 0.5) is 0 Å². The molecule has 1 amide bonds. The number of nitrogens with zero attached hydrogens (tertiary/aromatic N) is 1. The van der Waals surface area contributed by atoms with Crippen molar-refractivity contribution in [2.24, 2.45) is 0 Å². The van der Waals surface area contributed by atoms with E-state index in [2.05, 4.69) is 45.6 Å². The standard InChI is InChI=1S/C22H21N3O/c26-21(11-10-18-15-25-20-9-2-1-8-19(18)20)23-14-12-17-6-3-5-16-7-4-13-24-22(16)17/h1-9,13,15,25H,10-12,14H2,(H,23,26). The fourth-order valence-electron chi connectivity index (χ4n) is 3.38. The van der Waals surface area contributed by atoms with Crippen LogP contribution in [0.15, 0.2) is 67.0 Å². The Kier molecular flexibility index (Phi) is 4.65. The first kappa shape index (κ1) is 16.3. The minimum Gasteiger partial charge on any atom is -0.361 e. The molecule has 4 heteroatoms. The Bertz CT molecular complexity index is 1050. The van der Waals surface area contributed by atoms with Gasteiger partial charge in [-0.3, -0.25) is 9.78 Å². The van der Waals surface area contributed by atoms with Crippen molar-refractivity contribution in [2.75, 3.05) is 6.54 Å². The van der Waals surface area contributed by atoms with Crippen molar-refractivity contribution < 1.29 is 4.79 Å². The number of aromatic nitrogens is 2. The van der Waals surface area contributed by atoms with Crippen LogP contribution in [-0.2, 0) is 17.6 Å². The predicted molar refractivity (Wildman–Crippen MR) is 105 cm³/mol. The highest BCUT2D eigenvalue weighted by Crippen LogP contribution is 2.19. The van der Waals surface area contributed by atoms with E-state index in [9.17, 15) is 4.79 Å². The Morgan fingerprint density at radius 3 is 2.81 bits per heavy atom. The Labute approximate surface area is 152 Å². The summed E-state index contributed by atoms with van der Waals surface area (Å²) in [6.45, 7) is 0.627. The number of pyridine rings is 1. The lowest BCUT2D eigenvalue weighted by atomic mass is 10.1. The van der Waals surface area contributed by atoms with Crippen molar-refractivity contribution in [2.45, 2.75) is 19.3 Å². The number of fused-ring (bicyclic) bond motifs is 2. The topological polar surface area (TPSA) is 57.8 Å². The summed E-state index contributed by atoms with van der Waals surface area (Å²) in [7, 11) is 0. The van der Waals surface area contributed by atoms with Gasteiger partial charge in [0.2, 0.25) is 5.91 Å². The van der Waals surface area contributed by atoms with Crippen molar-refractivity contribution in [3.05, 3.63) is 78.1 Å². The van der Waals surface area contributed by atoms with Crippen LogP contribution in [-0.4, -0.2) is 22.4 Å². The molecule has 4 aromatic rings. The number of aromatic amines is 1. The number of carbonyl (C=O) groups is 1. The number of nitrogens with one attached hydrogen (secondary N) is 2. The van der Waals surface area contributed by atoms with Gasteiger partial charge in [0.05, 0.1) is 5.52 Å². The number of benzene rings is 2. The second-order valence-electron chi connectivity index (χ2n) is 6.45. The normalized spacial score (nSPS) is 11.1. The highest BCUT2D eigenvalue weighted by molar-refractivity contribution is 5.84. The van der Waals surface area contributed by atoms with Gasteiger partial charge in [0.25, 0.3) is 0 Å². The van der Waals surface area contributed by atoms with E-state index in [1.807, 2.05) is 36.7 Å². The predicted octanol–water partition coefficient (Wildman–Crippen LogP) is 4.01. The van der Waals surface area contributed by atoms with Gasteiger partial charge in [-0.05, 0) is 36.1 Å². The number of hydrogen-bond acceptors (Lipinski definition) is 2. The van der Waals surface area contributed by atoms with Gasteiger partial charge in [-0.2, -0.15) is 0 Å². The number of aryl methyl sites for hydroxylation is 1. The number of rotatable bonds is 6. The van der Waals surface area contributed by atoms with Crippen LogP contribution in [0.3, 0.4) is 0 Å². The Balaban J connectivity index is 1.31. The molecule has 0 fully saturated rings. The van der Waals surface area contributed by atoms with Gasteiger partial charge in [-0.25, -0.2) is 0 Å². The SMILES string of the molecule is O=C(CCc1c[nH]c2ccccc12)NCCc1cccc2cccnc12. The first-order valence-corrected chi connectivity index (χ1v) is 8.95. The molecule has 0 aliphatic heterocycles. The molecule has 130 valence electrons. The molecule has 2 N–H and O–H groups in total. The van der Waals surface area contributed by atoms with E-state index in [0.29, 0.717) is 13.0 Å². The maximum atomic E-state index is 12.2. The Hall–Kier alpha value is -3.14. The van der Waals surface area contributed by atoms with Crippen molar-refractivity contribution in [3.63, 3.8) is 0 Å². The first-order chi connectivity index (χ1) is 12.8. The molecule has 4 nitrogen and oxygen atoms in total. The zero-order chi connectivity index (χ0) is 17.8. The number of para-hydroxylation sites is 2. The third-order valence-electron chi connectivity index (χ3n) is 4.73. The summed E-state index contributed by atoms with van der Waals surface area (Å²) in [6, 6.07) is 18.4. The molecule has 0 atom stereocenters. The van der Waals surface area contributed by atoms with Crippen LogP contribution in [0.5, 0.6) is 0 Å². The first-order valence-electron chi connectivity index (χ1n) is 8.95. The van der Waals surface area contributed by atoms with Crippen LogP contribution in [0, 0.1) is 0 Å². The zero-order valence-electron chi connectivity index (χ0n) is 14.5. The quantitative estimate of drug-likeness (QED) is 0.556. The smallest absolute Gasteiger partial charge is 0.220 e. The fourth-order valence-corrected chi connectivity index (χ4v) is 3.38. The third kappa shape index (κ3) is 3.45. The van der Waals surface area contributed by atoms with Crippen LogP contribution >= 0.6 is 0 Å². The molecular formula is C22H21N3O. The zero-order valence-corrected chi connectivity index (χ0v) is 14.5. The summed E-state index contributed by atoms with van der Waals surface area (Å²) in [5.74, 6) is 0.0866. The molecule has 2 aromatic carbocycles. The van der Waals surface area contributed by atoms with E-state index in [1.54, 1.807) is 0 Å². The lowest BCUT2D eigenvalue weighted by Gasteiger charge is -2.07. The second kappa shape index (κ2) is 7.40. The molecule has 2 heterocycles. The Morgan fingerprint density at radius 1 is 0.962 bits per heavy atom. The minimum absolute atomic E-state index is 0.0866. The van der Waals surface area contributed by atoms with Crippen LogP contribution in [0.2, 0.25) is 0 Å². The highest BCUT2D eigenvalue weighted by Gasteiger charge is 2.07. The van der Waals surface area contributed by atoms with Crippen molar-refractivity contribution in [3.8, 4) is 0 Å². The molecule has 2 aromatic heterocycles. The number of carbonyl (C=O) groups excluding carboxylic acids is 1. The molecule has 0 radical (unpaired) electrons. The second-order valence-corrected chi connectivity index (χ2v) is 6.45. The molecule has 26 heavy (non-hydrogen) atoms. The number of hydrogen-bond donors (Lipinski definition) is 2.